The Kier molecular flexibility index (Phi) is 5.46. The third kappa shape index (κ3) is 4.10. The number of alkyl halides is 1. The molecule has 1 heterocycles. The fourth-order valence-electron chi connectivity index (χ4n) is 2.24. The third-order valence-corrected chi connectivity index (χ3v) is 3.61. The lowest BCUT2D eigenvalue weighted by atomic mass is 10.1. The summed E-state index contributed by atoms with van der Waals surface area (Å²) >= 11 is 5.66. The van der Waals surface area contributed by atoms with Crippen molar-refractivity contribution >= 4 is 28.7 Å². The molecule has 0 bridgehead atoms. The smallest absolute Gasteiger partial charge is 0.107 e. The number of nitrogens with one attached hydrogen (secondary N) is 1. The van der Waals surface area contributed by atoms with Crippen LogP contribution in [0, 0.1) is 0 Å². The van der Waals surface area contributed by atoms with Crippen molar-refractivity contribution in [2.75, 3.05) is 5.88 Å². The molecule has 1 aromatic heterocycles. The van der Waals surface area contributed by atoms with Crippen LogP contribution in [0.4, 0.5) is 0 Å². The zero-order chi connectivity index (χ0) is 13.5. The summed E-state index contributed by atoms with van der Waals surface area (Å²) in [7, 11) is 0. The molecule has 0 atom stereocenters. The van der Waals surface area contributed by atoms with Gasteiger partial charge in [0, 0.05) is 12.3 Å². The highest BCUT2D eigenvalue weighted by Gasteiger charge is 2.02. The van der Waals surface area contributed by atoms with Crippen molar-refractivity contribution in [2.45, 2.75) is 38.5 Å². The Balaban J connectivity index is 1.85. The fourth-order valence-corrected chi connectivity index (χ4v) is 2.43. The summed E-state index contributed by atoms with van der Waals surface area (Å²) in [6.45, 7) is 3.79. The van der Waals surface area contributed by atoms with E-state index in [1.54, 1.807) is 0 Å². The topological polar surface area (TPSA) is 28.7 Å². The lowest BCUT2D eigenvalue weighted by Crippen LogP contribution is -1.88. The fraction of sp³-hybridized carbons (Fsp3) is 0.438. The number of halogens is 1. The van der Waals surface area contributed by atoms with Gasteiger partial charge in [-0.2, -0.15) is 0 Å². The highest BCUT2D eigenvalue weighted by molar-refractivity contribution is 6.17. The molecule has 19 heavy (non-hydrogen) atoms. The van der Waals surface area contributed by atoms with Crippen LogP contribution in [-0.4, -0.2) is 15.8 Å². The molecule has 3 heteroatoms. The van der Waals surface area contributed by atoms with Crippen molar-refractivity contribution in [3.05, 3.63) is 36.2 Å². The van der Waals surface area contributed by atoms with E-state index < -0.39 is 0 Å². The highest BCUT2D eigenvalue weighted by atomic mass is 35.5. The summed E-state index contributed by atoms with van der Waals surface area (Å²) in [5.41, 5.74) is 3.28. The number of aryl methyl sites for hydroxylation is 1. The van der Waals surface area contributed by atoms with Crippen LogP contribution < -0.4 is 0 Å². The average molecular weight is 277 g/mol. The highest BCUT2D eigenvalue weighted by Crippen LogP contribution is 2.16. The van der Waals surface area contributed by atoms with Gasteiger partial charge in [-0.1, -0.05) is 38.0 Å². The molecule has 0 amide bonds. The summed E-state index contributed by atoms with van der Waals surface area (Å²) in [5.74, 6) is 1.88. The molecule has 2 rings (SSSR count). The molecule has 1 N–H and O–H groups in total. The maximum atomic E-state index is 5.66. The second-order valence-electron chi connectivity index (χ2n) is 4.87. The second kappa shape index (κ2) is 7.34. The van der Waals surface area contributed by atoms with Crippen molar-refractivity contribution in [1.82, 2.24) is 9.97 Å². The van der Waals surface area contributed by atoms with Crippen LogP contribution in [0.25, 0.3) is 17.1 Å². The number of hydrogen-bond acceptors (Lipinski definition) is 1. The van der Waals surface area contributed by atoms with Gasteiger partial charge in [0.1, 0.15) is 5.82 Å². The first kappa shape index (κ1) is 14.1. The first-order valence-electron chi connectivity index (χ1n) is 7.00. The minimum absolute atomic E-state index is 0.787. The zero-order valence-electron chi connectivity index (χ0n) is 11.3. The Morgan fingerprint density at radius 3 is 2.74 bits per heavy atom. The summed E-state index contributed by atoms with van der Waals surface area (Å²) < 4.78 is 0. The maximum Gasteiger partial charge on any atom is 0.107 e. The van der Waals surface area contributed by atoms with E-state index in [2.05, 4.69) is 22.6 Å². The van der Waals surface area contributed by atoms with Gasteiger partial charge < -0.3 is 4.98 Å². The first-order chi connectivity index (χ1) is 9.33. The van der Waals surface area contributed by atoms with E-state index in [9.17, 15) is 0 Å². The van der Waals surface area contributed by atoms with E-state index in [1.807, 2.05) is 18.2 Å². The molecule has 0 aliphatic carbocycles. The number of fused-ring (bicyclic) bond motifs is 1. The van der Waals surface area contributed by atoms with Crippen molar-refractivity contribution in [3.8, 4) is 0 Å². The number of hydrogen-bond donors (Lipinski definition) is 1. The standard InChI is InChI=1S/C16H21ClN2/c1-2-13-9-10-14-15(12-13)19-16(18-14)8-6-4-3-5-7-11-17/h2,9-10,12H,1,3-8,11H2,(H,18,19). The quantitative estimate of drug-likeness (QED) is 0.537. The molecule has 0 unspecified atom stereocenters. The number of aromatic nitrogens is 2. The van der Waals surface area contributed by atoms with Gasteiger partial charge in [-0.25, -0.2) is 4.98 Å². The molecule has 102 valence electrons. The van der Waals surface area contributed by atoms with Crippen LogP contribution in [0.2, 0.25) is 0 Å². The van der Waals surface area contributed by atoms with Crippen molar-refractivity contribution in [3.63, 3.8) is 0 Å². The Morgan fingerprint density at radius 2 is 1.95 bits per heavy atom. The Hall–Kier alpha value is -1.28. The van der Waals surface area contributed by atoms with Gasteiger partial charge in [-0.05, 0) is 30.5 Å². The van der Waals surface area contributed by atoms with Crippen LogP contribution in [0.5, 0.6) is 0 Å². The van der Waals surface area contributed by atoms with Crippen LogP contribution in [0.15, 0.2) is 24.8 Å². The van der Waals surface area contributed by atoms with Gasteiger partial charge in [0.2, 0.25) is 0 Å². The Morgan fingerprint density at radius 1 is 1.16 bits per heavy atom. The van der Waals surface area contributed by atoms with E-state index in [-0.39, 0.29) is 0 Å². The predicted molar refractivity (Wildman–Crippen MR) is 83.7 cm³/mol. The van der Waals surface area contributed by atoms with E-state index in [4.69, 9.17) is 11.6 Å². The SMILES string of the molecule is C=Cc1ccc2nc(CCCCCCCCl)[nH]c2c1. The largest absolute Gasteiger partial charge is 0.342 e. The molecule has 2 nitrogen and oxygen atoms in total. The minimum atomic E-state index is 0.787. The first-order valence-corrected chi connectivity index (χ1v) is 7.54. The molecule has 0 fully saturated rings. The van der Waals surface area contributed by atoms with Gasteiger partial charge in [0.25, 0.3) is 0 Å². The summed E-state index contributed by atoms with van der Waals surface area (Å²) in [5, 5.41) is 0. The van der Waals surface area contributed by atoms with Crippen molar-refractivity contribution in [2.24, 2.45) is 0 Å². The third-order valence-electron chi connectivity index (χ3n) is 3.34. The Labute approximate surface area is 119 Å². The molecule has 0 saturated carbocycles. The summed E-state index contributed by atoms with van der Waals surface area (Å²) in [6.07, 6.45) is 8.98. The number of imidazole rings is 1. The lowest BCUT2D eigenvalue weighted by Gasteiger charge is -1.98. The molecule has 0 aliphatic heterocycles. The molecule has 2 aromatic rings. The molecular formula is C16H21ClN2. The van der Waals surface area contributed by atoms with Gasteiger partial charge in [-0.3, -0.25) is 0 Å². The van der Waals surface area contributed by atoms with E-state index in [1.165, 1.54) is 25.7 Å². The van der Waals surface area contributed by atoms with Crippen LogP contribution in [0.1, 0.15) is 43.5 Å². The van der Waals surface area contributed by atoms with Crippen LogP contribution in [-0.2, 0) is 6.42 Å². The van der Waals surface area contributed by atoms with Gasteiger partial charge in [0.15, 0.2) is 0 Å². The van der Waals surface area contributed by atoms with Crippen LogP contribution in [0.3, 0.4) is 0 Å². The lowest BCUT2D eigenvalue weighted by molar-refractivity contribution is 0.626. The molecule has 1 aromatic carbocycles. The molecule has 0 radical (unpaired) electrons. The van der Waals surface area contributed by atoms with Gasteiger partial charge in [0.05, 0.1) is 11.0 Å². The van der Waals surface area contributed by atoms with Crippen molar-refractivity contribution < 1.29 is 0 Å². The summed E-state index contributed by atoms with van der Waals surface area (Å²) in [6, 6.07) is 6.19. The monoisotopic (exact) mass is 276 g/mol. The van der Waals surface area contributed by atoms with Crippen LogP contribution >= 0.6 is 11.6 Å². The normalized spacial score (nSPS) is 11.0. The number of aromatic amines is 1. The van der Waals surface area contributed by atoms with Gasteiger partial charge in [-0.15, -0.1) is 11.6 Å². The predicted octanol–water partition coefficient (Wildman–Crippen LogP) is 4.94. The van der Waals surface area contributed by atoms with E-state index in [0.717, 1.165) is 41.1 Å². The second-order valence-corrected chi connectivity index (χ2v) is 5.25. The molecule has 0 spiro atoms. The number of H-pyrrole nitrogens is 1. The molecule has 0 saturated heterocycles. The number of unbranched alkanes of at least 4 members (excludes halogenated alkanes) is 4. The number of benzene rings is 1. The Bertz CT molecular complexity index is 531. The van der Waals surface area contributed by atoms with E-state index in [0.29, 0.717) is 0 Å². The maximum absolute atomic E-state index is 5.66. The number of nitrogens with zero attached hydrogens (tertiary/aromatic N) is 1. The number of rotatable bonds is 8. The minimum Gasteiger partial charge on any atom is -0.342 e. The molecule has 0 aliphatic rings. The van der Waals surface area contributed by atoms with E-state index >= 15 is 0 Å². The molecular weight excluding hydrogens is 256 g/mol. The van der Waals surface area contributed by atoms with Gasteiger partial charge >= 0.3 is 0 Å². The average Bonchev–Trinajstić information content (AvgIpc) is 2.84. The van der Waals surface area contributed by atoms with Crippen molar-refractivity contribution in [1.29, 1.82) is 0 Å². The zero-order valence-corrected chi connectivity index (χ0v) is 12.0. The summed E-state index contributed by atoms with van der Waals surface area (Å²) in [4.78, 5) is 8.00.